The smallest absolute Gasteiger partial charge is 0.351 e. The Balaban J connectivity index is 1.35. The van der Waals surface area contributed by atoms with Gasteiger partial charge < -0.3 is 14.7 Å². The minimum atomic E-state index is -4.73. The van der Waals surface area contributed by atoms with Crippen molar-refractivity contribution in [3.63, 3.8) is 0 Å². The summed E-state index contributed by atoms with van der Waals surface area (Å²) in [6.07, 6.45) is 1.82. The summed E-state index contributed by atoms with van der Waals surface area (Å²) in [6, 6.07) is 4.65. The van der Waals surface area contributed by atoms with Gasteiger partial charge in [-0.05, 0) is 37.3 Å². The van der Waals surface area contributed by atoms with Crippen molar-refractivity contribution >= 4 is 11.8 Å². The summed E-state index contributed by atoms with van der Waals surface area (Å²) < 4.78 is 42.6. The van der Waals surface area contributed by atoms with Crippen LogP contribution in [0.4, 0.5) is 13.2 Å². The van der Waals surface area contributed by atoms with E-state index in [0.717, 1.165) is 50.5 Å². The van der Waals surface area contributed by atoms with E-state index >= 15 is 0 Å². The second-order valence-corrected chi connectivity index (χ2v) is 8.82. The van der Waals surface area contributed by atoms with E-state index in [2.05, 4.69) is 20.0 Å². The fraction of sp³-hybridized carbons (Fsp3) is 0.545. The van der Waals surface area contributed by atoms with Crippen LogP contribution in [0.1, 0.15) is 66.8 Å². The number of alkyl halides is 3. The van der Waals surface area contributed by atoms with Crippen molar-refractivity contribution in [3.8, 4) is 11.4 Å². The molecule has 0 bridgehead atoms. The molecule has 2 saturated carbocycles. The third kappa shape index (κ3) is 3.75. The summed E-state index contributed by atoms with van der Waals surface area (Å²) in [7, 11) is 0. The van der Waals surface area contributed by atoms with E-state index in [1.54, 1.807) is 17.0 Å². The molecule has 1 aromatic heterocycles. The summed E-state index contributed by atoms with van der Waals surface area (Å²) in [5.41, 5.74) is 1.51. The molecule has 0 saturated heterocycles. The topological polar surface area (TPSA) is 88.3 Å². The summed E-state index contributed by atoms with van der Waals surface area (Å²) >= 11 is 0. The Morgan fingerprint density at radius 3 is 2.59 bits per heavy atom. The Bertz CT molecular complexity index is 1050. The van der Waals surface area contributed by atoms with Crippen molar-refractivity contribution in [2.75, 3.05) is 0 Å². The summed E-state index contributed by atoms with van der Waals surface area (Å²) in [5, 5.41) is 6.59. The number of benzene rings is 1. The third-order valence-electron chi connectivity index (χ3n) is 6.80. The number of amides is 2. The van der Waals surface area contributed by atoms with E-state index < -0.39 is 12.1 Å². The van der Waals surface area contributed by atoms with Crippen LogP contribution in [0.15, 0.2) is 22.7 Å². The first-order valence-corrected chi connectivity index (χ1v) is 11.0. The van der Waals surface area contributed by atoms with Gasteiger partial charge in [0.25, 0.3) is 5.91 Å². The number of aromatic nitrogens is 2. The Morgan fingerprint density at radius 2 is 1.91 bits per heavy atom. The molecule has 2 amide bonds. The molecule has 10 heteroatoms. The fourth-order valence-electron chi connectivity index (χ4n) is 4.81. The standard InChI is InChI=1S/C22H23F3N4O3/c23-22(24,25)21-27-18(28-32-21)13-8-9-14-11-29(20(31)15(14)10-13)17-7-2-1-6-16(17)26-19(30)12-4-3-5-12/h8-10,12,16-17H,1-7,11H2,(H,26,30). The van der Waals surface area contributed by atoms with Gasteiger partial charge >= 0.3 is 12.1 Å². The van der Waals surface area contributed by atoms with Crippen molar-refractivity contribution in [2.24, 2.45) is 5.92 Å². The van der Waals surface area contributed by atoms with Crippen LogP contribution in [-0.2, 0) is 17.5 Å². The first-order valence-electron chi connectivity index (χ1n) is 11.0. The van der Waals surface area contributed by atoms with Gasteiger partial charge in [-0.15, -0.1) is 0 Å². The first kappa shape index (κ1) is 21.0. The summed E-state index contributed by atoms with van der Waals surface area (Å²) in [4.78, 5) is 31.0. The van der Waals surface area contributed by atoms with Gasteiger partial charge in [0.15, 0.2) is 0 Å². The van der Waals surface area contributed by atoms with E-state index in [9.17, 15) is 22.8 Å². The van der Waals surface area contributed by atoms with E-state index in [-0.39, 0.29) is 41.2 Å². The van der Waals surface area contributed by atoms with E-state index in [4.69, 9.17) is 0 Å². The monoisotopic (exact) mass is 448 g/mol. The van der Waals surface area contributed by atoms with Crippen LogP contribution in [-0.4, -0.2) is 38.9 Å². The van der Waals surface area contributed by atoms with Crippen LogP contribution >= 0.6 is 0 Å². The first-order chi connectivity index (χ1) is 15.3. The normalized spacial score (nSPS) is 23.7. The van der Waals surface area contributed by atoms with Gasteiger partial charge in [0.1, 0.15) is 0 Å². The highest BCUT2D eigenvalue weighted by molar-refractivity contribution is 5.99. The molecule has 7 nitrogen and oxygen atoms in total. The molecular formula is C22H23F3N4O3. The van der Waals surface area contributed by atoms with Crippen LogP contribution in [0, 0.1) is 5.92 Å². The molecule has 1 aromatic carbocycles. The molecule has 2 aliphatic carbocycles. The third-order valence-corrected chi connectivity index (χ3v) is 6.80. The second-order valence-electron chi connectivity index (χ2n) is 8.82. The zero-order valence-corrected chi connectivity index (χ0v) is 17.3. The van der Waals surface area contributed by atoms with Crippen molar-refractivity contribution in [2.45, 2.75) is 69.8 Å². The quantitative estimate of drug-likeness (QED) is 0.766. The molecule has 0 spiro atoms. The predicted molar refractivity (Wildman–Crippen MR) is 106 cm³/mol. The van der Waals surface area contributed by atoms with Crippen LogP contribution in [0.5, 0.6) is 0 Å². The molecule has 0 radical (unpaired) electrons. The van der Waals surface area contributed by atoms with Crippen LogP contribution in [0.25, 0.3) is 11.4 Å². The zero-order chi connectivity index (χ0) is 22.5. The number of rotatable bonds is 4. The van der Waals surface area contributed by atoms with Gasteiger partial charge in [0, 0.05) is 29.6 Å². The molecule has 170 valence electrons. The maximum atomic E-state index is 13.2. The summed E-state index contributed by atoms with van der Waals surface area (Å²) in [6.45, 7) is 0.412. The number of hydrogen-bond acceptors (Lipinski definition) is 5. The molecule has 2 fully saturated rings. The molecule has 3 aliphatic rings. The van der Waals surface area contributed by atoms with Crippen molar-refractivity contribution in [1.29, 1.82) is 0 Å². The van der Waals surface area contributed by atoms with Crippen LogP contribution < -0.4 is 5.32 Å². The fourth-order valence-corrected chi connectivity index (χ4v) is 4.81. The minimum absolute atomic E-state index is 0.0807. The molecule has 2 atom stereocenters. The highest BCUT2D eigenvalue weighted by atomic mass is 19.4. The minimum Gasteiger partial charge on any atom is -0.351 e. The Hall–Kier alpha value is -2.91. The average Bonchev–Trinajstić information content (AvgIpc) is 3.32. The largest absolute Gasteiger partial charge is 0.471 e. The Labute approximate surface area is 182 Å². The lowest BCUT2D eigenvalue weighted by Gasteiger charge is -2.39. The molecule has 1 aliphatic heterocycles. The van der Waals surface area contributed by atoms with Crippen molar-refractivity contribution < 1.29 is 27.3 Å². The molecule has 2 heterocycles. The Kier molecular flexibility index (Phi) is 5.17. The highest BCUT2D eigenvalue weighted by Crippen LogP contribution is 2.35. The SMILES string of the molecule is O=C(NC1CCCCC1N1Cc2ccc(-c3noc(C(F)(F)F)n3)cc2C1=O)C1CCC1. The van der Waals surface area contributed by atoms with E-state index in [0.29, 0.717) is 12.1 Å². The van der Waals surface area contributed by atoms with Gasteiger partial charge in [-0.25, -0.2) is 0 Å². The number of nitrogens with zero attached hydrogens (tertiary/aromatic N) is 3. The maximum Gasteiger partial charge on any atom is 0.471 e. The number of halogens is 3. The number of hydrogen-bond donors (Lipinski definition) is 1. The Morgan fingerprint density at radius 1 is 1.12 bits per heavy atom. The van der Waals surface area contributed by atoms with E-state index in [1.165, 1.54) is 6.07 Å². The lowest BCUT2D eigenvalue weighted by atomic mass is 9.83. The van der Waals surface area contributed by atoms with Gasteiger partial charge in [0.2, 0.25) is 11.7 Å². The number of carbonyl (C=O) groups is 2. The molecule has 32 heavy (non-hydrogen) atoms. The van der Waals surface area contributed by atoms with Gasteiger partial charge in [-0.1, -0.05) is 36.6 Å². The number of nitrogens with one attached hydrogen (secondary N) is 1. The lowest BCUT2D eigenvalue weighted by molar-refractivity contribution is -0.159. The van der Waals surface area contributed by atoms with Crippen molar-refractivity contribution in [1.82, 2.24) is 20.4 Å². The van der Waals surface area contributed by atoms with E-state index in [1.807, 2.05) is 0 Å². The summed E-state index contributed by atoms with van der Waals surface area (Å²) in [5.74, 6) is -1.65. The average molecular weight is 448 g/mol. The second kappa shape index (κ2) is 7.90. The van der Waals surface area contributed by atoms with Crippen LogP contribution in [0.2, 0.25) is 0 Å². The van der Waals surface area contributed by atoms with Gasteiger partial charge in [0.05, 0.1) is 6.04 Å². The molecule has 2 unspecified atom stereocenters. The van der Waals surface area contributed by atoms with Gasteiger partial charge in [-0.2, -0.15) is 18.2 Å². The predicted octanol–water partition coefficient (Wildman–Crippen LogP) is 3.94. The zero-order valence-electron chi connectivity index (χ0n) is 17.3. The molecule has 5 rings (SSSR count). The van der Waals surface area contributed by atoms with Crippen LogP contribution in [0.3, 0.4) is 0 Å². The highest BCUT2D eigenvalue weighted by Gasteiger charge is 2.41. The molecular weight excluding hydrogens is 425 g/mol. The van der Waals surface area contributed by atoms with Crippen molar-refractivity contribution in [3.05, 3.63) is 35.2 Å². The number of fused-ring (bicyclic) bond motifs is 1. The maximum absolute atomic E-state index is 13.2. The lowest BCUT2D eigenvalue weighted by Crippen LogP contribution is -2.54. The molecule has 1 N–H and O–H groups in total. The number of carbonyl (C=O) groups excluding carboxylic acids is 2. The van der Waals surface area contributed by atoms with Gasteiger partial charge in [-0.3, -0.25) is 9.59 Å². The molecule has 2 aromatic rings.